The molecule has 124 valence electrons. The van der Waals surface area contributed by atoms with Gasteiger partial charge in [-0.25, -0.2) is 0 Å². The fourth-order valence-electron chi connectivity index (χ4n) is 2.39. The number of aliphatic imine (C=N–C) groups is 1. The van der Waals surface area contributed by atoms with E-state index in [9.17, 15) is 0 Å². The first kappa shape index (κ1) is 17.2. The molecular weight excluding hydrogens is 296 g/mol. The van der Waals surface area contributed by atoms with Crippen LogP contribution in [-0.4, -0.2) is 63.3 Å². The van der Waals surface area contributed by atoms with Crippen LogP contribution in [0.25, 0.3) is 0 Å². The van der Waals surface area contributed by atoms with Gasteiger partial charge in [0.2, 0.25) is 0 Å². The quantitative estimate of drug-likeness (QED) is 0.592. The van der Waals surface area contributed by atoms with E-state index in [0.29, 0.717) is 5.92 Å². The molecule has 1 aliphatic rings. The first-order valence-corrected chi connectivity index (χ1v) is 9.08. The van der Waals surface area contributed by atoms with Crippen molar-refractivity contribution in [1.82, 2.24) is 15.5 Å². The minimum Gasteiger partial charge on any atom is -0.379 e. The highest BCUT2D eigenvalue weighted by molar-refractivity contribution is 7.07. The maximum Gasteiger partial charge on any atom is 0.191 e. The Morgan fingerprint density at radius 2 is 2.23 bits per heavy atom. The zero-order valence-corrected chi connectivity index (χ0v) is 14.5. The number of nitrogens with one attached hydrogen (secondary N) is 2. The first-order chi connectivity index (χ1) is 10.8. The first-order valence-electron chi connectivity index (χ1n) is 8.14. The van der Waals surface area contributed by atoms with Crippen LogP contribution < -0.4 is 10.6 Å². The van der Waals surface area contributed by atoms with E-state index in [0.717, 1.165) is 58.4 Å². The molecule has 2 N–H and O–H groups in total. The van der Waals surface area contributed by atoms with Crippen LogP contribution in [0.3, 0.4) is 0 Å². The molecule has 6 heteroatoms. The molecule has 1 aromatic heterocycles. The Kier molecular flexibility index (Phi) is 7.70. The van der Waals surface area contributed by atoms with Gasteiger partial charge in [0.25, 0.3) is 0 Å². The third kappa shape index (κ3) is 5.94. The van der Waals surface area contributed by atoms with E-state index in [-0.39, 0.29) is 0 Å². The zero-order chi connectivity index (χ0) is 15.6. The number of thiophene rings is 1. The summed E-state index contributed by atoms with van der Waals surface area (Å²) in [5.41, 5.74) is 1.37. The summed E-state index contributed by atoms with van der Waals surface area (Å²) in [6.07, 6.45) is 0. The number of ether oxygens (including phenoxy) is 1. The Morgan fingerprint density at radius 3 is 2.91 bits per heavy atom. The molecule has 5 nitrogen and oxygen atoms in total. The van der Waals surface area contributed by atoms with Crippen LogP contribution in [0.4, 0.5) is 0 Å². The molecule has 0 radical (unpaired) electrons. The van der Waals surface area contributed by atoms with E-state index in [1.165, 1.54) is 5.56 Å². The normalized spacial score (nSPS) is 18.2. The van der Waals surface area contributed by atoms with Crippen LogP contribution in [0.2, 0.25) is 0 Å². The monoisotopic (exact) mass is 324 g/mol. The van der Waals surface area contributed by atoms with Crippen molar-refractivity contribution in [3.05, 3.63) is 22.4 Å². The highest BCUT2D eigenvalue weighted by Gasteiger charge is 2.10. The van der Waals surface area contributed by atoms with Crippen LogP contribution >= 0.6 is 11.3 Å². The second-order valence-electron chi connectivity index (χ2n) is 5.56. The molecule has 0 saturated carbocycles. The van der Waals surface area contributed by atoms with Gasteiger partial charge in [0.1, 0.15) is 0 Å². The summed E-state index contributed by atoms with van der Waals surface area (Å²) >= 11 is 1.75. The topological polar surface area (TPSA) is 48.9 Å². The van der Waals surface area contributed by atoms with Crippen molar-refractivity contribution in [3.63, 3.8) is 0 Å². The van der Waals surface area contributed by atoms with Gasteiger partial charge in [-0.2, -0.15) is 11.3 Å². The maximum absolute atomic E-state index is 5.37. The Labute approximate surface area is 137 Å². The van der Waals surface area contributed by atoms with Gasteiger partial charge in [0.15, 0.2) is 5.96 Å². The number of rotatable bonds is 7. The number of guanidine groups is 1. The summed E-state index contributed by atoms with van der Waals surface area (Å²) < 4.78 is 5.37. The van der Waals surface area contributed by atoms with Gasteiger partial charge in [-0.3, -0.25) is 9.89 Å². The summed E-state index contributed by atoms with van der Waals surface area (Å²) in [5.74, 6) is 1.37. The number of morpholine rings is 1. The second kappa shape index (κ2) is 9.82. The molecule has 0 amide bonds. The van der Waals surface area contributed by atoms with Gasteiger partial charge < -0.3 is 15.4 Å². The van der Waals surface area contributed by atoms with E-state index < -0.39 is 0 Å². The van der Waals surface area contributed by atoms with Crippen molar-refractivity contribution in [2.45, 2.75) is 19.8 Å². The van der Waals surface area contributed by atoms with E-state index in [2.05, 4.69) is 46.2 Å². The van der Waals surface area contributed by atoms with Crippen molar-refractivity contribution >= 4 is 17.3 Å². The van der Waals surface area contributed by atoms with Crippen LogP contribution in [-0.2, 0) is 4.74 Å². The predicted octanol–water partition coefficient (Wildman–Crippen LogP) is 1.74. The molecular formula is C16H28N4OS. The summed E-state index contributed by atoms with van der Waals surface area (Å²) in [6, 6.07) is 2.18. The summed E-state index contributed by atoms with van der Waals surface area (Å²) in [5, 5.41) is 11.1. The summed E-state index contributed by atoms with van der Waals surface area (Å²) in [6.45, 7) is 11.7. The average molecular weight is 324 g/mol. The van der Waals surface area contributed by atoms with Crippen LogP contribution in [0, 0.1) is 0 Å². The van der Waals surface area contributed by atoms with Crippen LogP contribution in [0.1, 0.15) is 25.3 Å². The fraction of sp³-hybridized carbons (Fsp3) is 0.688. The molecule has 0 aliphatic carbocycles. The molecule has 0 bridgehead atoms. The highest BCUT2D eigenvalue weighted by atomic mass is 32.1. The Bertz CT molecular complexity index is 429. The molecule has 2 rings (SSSR count). The molecule has 2 heterocycles. The maximum atomic E-state index is 5.37. The van der Waals surface area contributed by atoms with E-state index in [1.54, 1.807) is 11.3 Å². The van der Waals surface area contributed by atoms with E-state index in [1.807, 2.05) is 0 Å². The number of hydrogen-bond donors (Lipinski definition) is 2. The smallest absolute Gasteiger partial charge is 0.191 e. The fourth-order valence-corrected chi connectivity index (χ4v) is 3.17. The minimum atomic E-state index is 0.459. The largest absolute Gasteiger partial charge is 0.379 e. The van der Waals surface area contributed by atoms with Crippen molar-refractivity contribution in [2.24, 2.45) is 4.99 Å². The SMILES string of the molecule is CCNC(=NCC(C)c1ccsc1)NCCN1CCOCC1. The lowest BCUT2D eigenvalue weighted by Gasteiger charge is -2.26. The van der Waals surface area contributed by atoms with E-state index >= 15 is 0 Å². The van der Waals surface area contributed by atoms with Crippen LogP contribution in [0.15, 0.2) is 21.8 Å². The van der Waals surface area contributed by atoms with E-state index in [4.69, 9.17) is 9.73 Å². The van der Waals surface area contributed by atoms with Crippen molar-refractivity contribution in [1.29, 1.82) is 0 Å². The van der Waals surface area contributed by atoms with Crippen LogP contribution in [0.5, 0.6) is 0 Å². The molecule has 1 aromatic rings. The second-order valence-corrected chi connectivity index (χ2v) is 6.34. The standard InChI is InChI=1S/C16H28N4OS/c1-3-17-16(18-5-6-20-7-9-21-10-8-20)19-12-14(2)15-4-11-22-13-15/h4,11,13-14H,3,5-10,12H2,1-2H3,(H2,17,18,19). The third-order valence-electron chi connectivity index (χ3n) is 3.80. The Balaban J connectivity index is 1.74. The molecule has 1 aliphatic heterocycles. The van der Waals surface area contributed by atoms with Gasteiger partial charge in [0.05, 0.1) is 13.2 Å². The van der Waals surface area contributed by atoms with Gasteiger partial charge in [-0.1, -0.05) is 6.92 Å². The lowest BCUT2D eigenvalue weighted by atomic mass is 10.1. The number of nitrogens with zero attached hydrogens (tertiary/aromatic N) is 2. The minimum absolute atomic E-state index is 0.459. The molecule has 1 fully saturated rings. The lowest BCUT2D eigenvalue weighted by Crippen LogP contribution is -2.44. The van der Waals surface area contributed by atoms with Gasteiger partial charge in [-0.05, 0) is 29.3 Å². The summed E-state index contributed by atoms with van der Waals surface area (Å²) in [4.78, 5) is 7.13. The predicted molar refractivity (Wildman–Crippen MR) is 94.0 cm³/mol. The molecule has 22 heavy (non-hydrogen) atoms. The van der Waals surface area contributed by atoms with Crippen molar-refractivity contribution in [2.75, 3.05) is 52.5 Å². The Morgan fingerprint density at radius 1 is 1.41 bits per heavy atom. The third-order valence-corrected chi connectivity index (χ3v) is 4.51. The summed E-state index contributed by atoms with van der Waals surface area (Å²) in [7, 11) is 0. The number of hydrogen-bond acceptors (Lipinski definition) is 4. The highest BCUT2D eigenvalue weighted by Crippen LogP contribution is 2.18. The molecule has 1 atom stereocenters. The van der Waals surface area contributed by atoms with Gasteiger partial charge in [0, 0.05) is 45.2 Å². The van der Waals surface area contributed by atoms with Crippen molar-refractivity contribution < 1.29 is 4.74 Å². The molecule has 1 unspecified atom stereocenters. The van der Waals surface area contributed by atoms with Gasteiger partial charge >= 0.3 is 0 Å². The zero-order valence-electron chi connectivity index (χ0n) is 13.7. The molecule has 0 aromatic carbocycles. The molecule has 1 saturated heterocycles. The Hall–Kier alpha value is -1.11. The van der Waals surface area contributed by atoms with Crippen molar-refractivity contribution in [3.8, 4) is 0 Å². The molecule has 0 spiro atoms. The average Bonchev–Trinajstić information content (AvgIpc) is 3.08. The van der Waals surface area contributed by atoms with Gasteiger partial charge in [-0.15, -0.1) is 0 Å². The lowest BCUT2D eigenvalue weighted by molar-refractivity contribution is 0.0389.